The predicted molar refractivity (Wildman–Crippen MR) is 90.4 cm³/mol. The van der Waals surface area contributed by atoms with Gasteiger partial charge in [0.05, 0.1) is 11.7 Å². The van der Waals surface area contributed by atoms with Crippen molar-refractivity contribution in [2.24, 2.45) is 0 Å². The smallest absolute Gasteiger partial charge is 0.279 e. The van der Waals surface area contributed by atoms with Gasteiger partial charge in [0.2, 0.25) is 5.13 Å². The average Bonchev–Trinajstić information content (AvgIpc) is 3.14. The Hall–Kier alpha value is -1.58. The van der Waals surface area contributed by atoms with Gasteiger partial charge in [-0.05, 0) is 39.3 Å². The molecule has 1 fully saturated rings. The van der Waals surface area contributed by atoms with E-state index in [1.807, 2.05) is 18.5 Å². The van der Waals surface area contributed by atoms with Crippen molar-refractivity contribution in [3.8, 4) is 0 Å². The quantitative estimate of drug-likeness (QED) is 0.862. The van der Waals surface area contributed by atoms with Crippen LogP contribution in [0.4, 0.5) is 5.13 Å². The monoisotopic (exact) mass is 357 g/mol. The molecule has 23 heavy (non-hydrogen) atoms. The molecule has 1 saturated heterocycles. The van der Waals surface area contributed by atoms with Gasteiger partial charge in [0.1, 0.15) is 5.01 Å². The first-order valence-corrected chi connectivity index (χ1v) is 8.27. The standard InChI is InChI=1S/C13H19N7OS.ClH/c1-3-10-16-18-13(22-10)15-12(21)11-8(2)20(19-17-11)9-4-6-14-7-5-9;/h9,14H,3-7H2,1-2H3,(H,15,18,21);1H. The molecule has 8 nitrogen and oxygen atoms in total. The zero-order valence-corrected chi connectivity index (χ0v) is 14.7. The highest BCUT2D eigenvalue weighted by Crippen LogP contribution is 2.21. The lowest BCUT2D eigenvalue weighted by Crippen LogP contribution is -2.30. The first-order chi connectivity index (χ1) is 10.7. The predicted octanol–water partition coefficient (Wildman–Crippen LogP) is 1.60. The molecule has 2 aromatic rings. The number of nitrogens with one attached hydrogen (secondary N) is 2. The highest BCUT2D eigenvalue weighted by atomic mass is 35.5. The molecule has 0 spiro atoms. The zero-order valence-electron chi connectivity index (χ0n) is 13.1. The van der Waals surface area contributed by atoms with Gasteiger partial charge in [-0.3, -0.25) is 10.1 Å². The minimum Gasteiger partial charge on any atom is -0.317 e. The summed E-state index contributed by atoms with van der Waals surface area (Å²) in [4.78, 5) is 12.3. The summed E-state index contributed by atoms with van der Waals surface area (Å²) in [6.45, 7) is 5.82. The molecule has 10 heteroatoms. The summed E-state index contributed by atoms with van der Waals surface area (Å²) in [5.74, 6) is -0.281. The van der Waals surface area contributed by atoms with E-state index in [0.717, 1.165) is 43.1 Å². The van der Waals surface area contributed by atoms with E-state index in [1.165, 1.54) is 11.3 Å². The van der Waals surface area contributed by atoms with Gasteiger partial charge in [-0.1, -0.05) is 23.5 Å². The lowest BCUT2D eigenvalue weighted by molar-refractivity contribution is 0.102. The summed E-state index contributed by atoms with van der Waals surface area (Å²) in [6.07, 6.45) is 2.81. The van der Waals surface area contributed by atoms with E-state index in [-0.39, 0.29) is 18.3 Å². The lowest BCUT2D eigenvalue weighted by Gasteiger charge is -2.23. The first-order valence-electron chi connectivity index (χ1n) is 7.45. The van der Waals surface area contributed by atoms with Crippen molar-refractivity contribution < 1.29 is 4.79 Å². The van der Waals surface area contributed by atoms with Gasteiger partial charge < -0.3 is 5.32 Å². The van der Waals surface area contributed by atoms with Gasteiger partial charge >= 0.3 is 0 Å². The van der Waals surface area contributed by atoms with Crippen LogP contribution in [0.5, 0.6) is 0 Å². The third kappa shape index (κ3) is 3.85. The number of piperidine rings is 1. The van der Waals surface area contributed by atoms with Crippen molar-refractivity contribution in [3.63, 3.8) is 0 Å². The Labute approximate surface area is 144 Å². The molecular weight excluding hydrogens is 338 g/mol. The number of rotatable bonds is 4. The van der Waals surface area contributed by atoms with Crippen molar-refractivity contribution in [2.45, 2.75) is 39.2 Å². The summed E-state index contributed by atoms with van der Waals surface area (Å²) in [5.41, 5.74) is 1.15. The van der Waals surface area contributed by atoms with Crippen LogP contribution in [0.3, 0.4) is 0 Å². The SMILES string of the molecule is CCc1nnc(NC(=O)c2nnn(C3CCNCC3)c2C)s1.Cl. The lowest BCUT2D eigenvalue weighted by atomic mass is 10.1. The number of aryl methyl sites for hydroxylation is 1. The molecule has 1 amide bonds. The molecule has 0 radical (unpaired) electrons. The Kier molecular flexibility index (Phi) is 6.03. The molecule has 0 aromatic carbocycles. The summed E-state index contributed by atoms with van der Waals surface area (Å²) in [5, 5.41) is 23.6. The molecule has 2 aromatic heterocycles. The molecule has 3 heterocycles. The van der Waals surface area contributed by atoms with Crippen molar-refractivity contribution >= 4 is 34.8 Å². The number of aromatic nitrogens is 5. The van der Waals surface area contributed by atoms with Gasteiger partial charge in [0.25, 0.3) is 5.91 Å². The Balaban J connectivity index is 0.00000192. The maximum absolute atomic E-state index is 12.3. The second-order valence-corrected chi connectivity index (χ2v) is 6.32. The third-order valence-electron chi connectivity index (χ3n) is 3.79. The second kappa shape index (κ2) is 7.80. The zero-order chi connectivity index (χ0) is 15.5. The van der Waals surface area contributed by atoms with E-state index in [9.17, 15) is 4.79 Å². The normalized spacial score (nSPS) is 15.2. The molecule has 0 atom stereocenters. The molecule has 1 aliphatic heterocycles. The number of halogens is 1. The van der Waals surface area contributed by atoms with E-state index in [4.69, 9.17) is 0 Å². The van der Waals surface area contributed by atoms with E-state index in [1.54, 1.807) is 0 Å². The Bertz CT molecular complexity index is 665. The van der Waals surface area contributed by atoms with Crippen LogP contribution in [0.25, 0.3) is 0 Å². The summed E-state index contributed by atoms with van der Waals surface area (Å²) in [6, 6.07) is 0.309. The van der Waals surface area contributed by atoms with Crippen LogP contribution in [0.2, 0.25) is 0 Å². The molecule has 126 valence electrons. The van der Waals surface area contributed by atoms with Crippen LogP contribution in [0.1, 0.15) is 47.0 Å². The molecule has 2 N–H and O–H groups in total. The van der Waals surface area contributed by atoms with E-state index < -0.39 is 0 Å². The third-order valence-corrected chi connectivity index (χ3v) is 4.77. The Morgan fingerprint density at radius 3 is 2.74 bits per heavy atom. The van der Waals surface area contributed by atoms with Gasteiger partial charge in [-0.15, -0.1) is 27.7 Å². The summed E-state index contributed by atoms with van der Waals surface area (Å²) < 4.78 is 1.87. The van der Waals surface area contributed by atoms with Gasteiger partial charge in [-0.2, -0.15) is 0 Å². The maximum atomic E-state index is 12.3. The fourth-order valence-corrected chi connectivity index (χ4v) is 3.23. The first kappa shape index (κ1) is 17.8. The number of amides is 1. The molecule has 1 aliphatic rings. The molecular formula is C13H20ClN7OS. The van der Waals surface area contributed by atoms with Crippen LogP contribution in [0.15, 0.2) is 0 Å². The van der Waals surface area contributed by atoms with Crippen molar-refractivity contribution in [1.82, 2.24) is 30.5 Å². The summed E-state index contributed by atoms with van der Waals surface area (Å²) >= 11 is 1.38. The van der Waals surface area contributed by atoms with E-state index >= 15 is 0 Å². The topological polar surface area (TPSA) is 97.6 Å². The van der Waals surface area contributed by atoms with Crippen LogP contribution in [0, 0.1) is 6.92 Å². The Morgan fingerprint density at radius 2 is 2.09 bits per heavy atom. The summed E-state index contributed by atoms with van der Waals surface area (Å²) in [7, 11) is 0. The molecule has 0 aliphatic carbocycles. The maximum Gasteiger partial charge on any atom is 0.279 e. The number of carbonyl (C=O) groups is 1. The average molecular weight is 358 g/mol. The number of anilines is 1. The number of nitrogens with zero attached hydrogens (tertiary/aromatic N) is 5. The van der Waals surface area contributed by atoms with Crippen molar-refractivity contribution in [2.75, 3.05) is 18.4 Å². The molecule has 0 bridgehead atoms. The number of hydrogen-bond donors (Lipinski definition) is 2. The number of carbonyl (C=O) groups excluding carboxylic acids is 1. The van der Waals surface area contributed by atoms with Crippen molar-refractivity contribution in [1.29, 1.82) is 0 Å². The molecule has 0 saturated carbocycles. The van der Waals surface area contributed by atoms with Gasteiger partial charge in [0, 0.05) is 0 Å². The minimum atomic E-state index is -0.281. The van der Waals surface area contributed by atoms with Gasteiger partial charge in [0.15, 0.2) is 5.69 Å². The van der Waals surface area contributed by atoms with E-state index in [0.29, 0.717) is 16.9 Å². The van der Waals surface area contributed by atoms with Gasteiger partial charge in [-0.25, -0.2) is 4.68 Å². The van der Waals surface area contributed by atoms with Crippen molar-refractivity contribution in [3.05, 3.63) is 16.4 Å². The van der Waals surface area contributed by atoms with E-state index in [2.05, 4.69) is 31.1 Å². The number of hydrogen-bond acceptors (Lipinski definition) is 7. The molecule has 0 unspecified atom stereocenters. The largest absolute Gasteiger partial charge is 0.317 e. The fraction of sp³-hybridized carbons (Fsp3) is 0.615. The second-order valence-electron chi connectivity index (χ2n) is 5.26. The Morgan fingerprint density at radius 1 is 1.35 bits per heavy atom. The fourth-order valence-electron chi connectivity index (χ4n) is 2.55. The highest BCUT2D eigenvalue weighted by molar-refractivity contribution is 7.15. The minimum absolute atomic E-state index is 0. The van der Waals surface area contributed by atoms with Crippen LogP contribution in [-0.4, -0.2) is 44.2 Å². The van der Waals surface area contributed by atoms with Crippen LogP contribution in [-0.2, 0) is 6.42 Å². The van der Waals surface area contributed by atoms with Crippen LogP contribution < -0.4 is 10.6 Å². The van der Waals surface area contributed by atoms with Crippen LogP contribution >= 0.6 is 23.7 Å². The highest BCUT2D eigenvalue weighted by Gasteiger charge is 2.23. The molecule has 3 rings (SSSR count).